The van der Waals surface area contributed by atoms with E-state index < -0.39 is 24.5 Å². The van der Waals surface area contributed by atoms with Crippen LogP contribution >= 0.6 is 0 Å². The number of hydrogen-bond donors (Lipinski definition) is 4. The molecule has 8 heteroatoms. The number of aliphatic carboxylic acids is 2. The Kier molecular flexibility index (Phi) is 4.46. The van der Waals surface area contributed by atoms with Crippen molar-refractivity contribution in [2.24, 2.45) is 0 Å². The minimum Gasteiger partial charge on any atom is -0.477 e. The number of benzene rings is 1. The molecule has 0 radical (unpaired) electrons. The summed E-state index contributed by atoms with van der Waals surface area (Å²) in [6, 6.07) is 5.14. The van der Waals surface area contributed by atoms with Crippen LogP contribution in [0.4, 0.5) is 0 Å². The second kappa shape index (κ2) is 5.84. The van der Waals surface area contributed by atoms with E-state index in [1.54, 1.807) is 0 Å². The molecule has 18 heavy (non-hydrogen) atoms. The molecule has 8 nitrogen and oxygen atoms in total. The second-order valence-corrected chi connectivity index (χ2v) is 3.09. The molecule has 1 aromatic carbocycles. The molecule has 0 aliphatic carbocycles. The topological polar surface area (TPSA) is 134 Å². The van der Waals surface area contributed by atoms with Crippen molar-refractivity contribution in [2.45, 2.75) is 12.6 Å². The molecular formula is C10H10O8. The zero-order valence-corrected chi connectivity index (χ0v) is 8.89. The van der Waals surface area contributed by atoms with Gasteiger partial charge < -0.3 is 29.9 Å². The van der Waals surface area contributed by atoms with Crippen LogP contribution in [0.5, 0.6) is 11.5 Å². The van der Waals surface area contributed by atoms with E-state index in [2.05, 4.69) is 9.47 Å². The van der Waals surface area contributed by atoms with Gasteiger partial charge in [0.05, 0.1) is 0 Å². The van der Waals surface area contributed by atoms with Gasteiger partial charge in [-0.2, -0.15) is 0 Å². The van der Waals surface area contributed by atoms with Crippen molar-refractivity contribution >= 4 is 11.9 Å². The molecule has 0 aliphatic rings. The number of carboxylic acids is 2. The van der Waals surface area contributed by atoms with Gasteiger partial charge in [0.25, 0.3) is 12.6 Å². The first-order chi connectivity index (χ1) is 8.40. The summed E-state index contributed by atoms with van der Waals surface area (Å²) in [7, 11) is 0. The summed E-state index contributed by atoms with van der Waals surface area (Å²) in [6.07, 6.45) is -4.10. The summed E-state index contributed by atoms with van der Waals surface area (Å²) in [5.41, 5.74) is 0. The molecule has 0 fully saturated rings. The van der Waals surface area contributed by atoms with E-state index in [-0.39, 0.29) is 11.5 Å². The number of aliphatic hydroxyl groups excluding tert-OH is 2. The van der Waals surface area contributed by atoms with E-state index in [0.29, 0.717) is 0 Å². The summed E-state index contributed by atoms with van der Waals surface area (Å²) in [4.78, 5) is 20.7. The van der Waals surface area contributed by atoms with Crippen LogP contribution in [0.2, 0.25) is 0 Å². The maximum atomic E-state index is 10.3. The first-order valence-electron chi connectivity index (χ1n) is 4.65. The number of ether oxygens (including phenoxy) is 2. The van der Waals surface area contributed by atoms with Crippen LogP contribution in [0.15, 0.2) is 24.3 Å². The number of carbonyl (C=O) groups is 2. The van der Waals surface area contributed by atoms with E-state index in [1.807, 2.05) is 0 Å². The summed E-state index contributed by atoms with van der Waals surface area (Å²) in [5, 5.41) is 34.7. The summed E-state index contributed by atoms with van der Waals surface area (Å²) < 4.78 is 9.21. The molecule has 0 amide bonds. The molecule has 0 aromatic heterocycles. The number of hydrogen-bond acceptors (Lipinski definition) is 6. The van der Waals surface area contributed by atoms with Gasteiger partial charge in [0.15, 0.2) is 0 Å². The lowest BCUT2D eigenvalue weighted by atomic mass is 10.3. The SMILES string of the molecule is O=C(O)C(O)Oc1cccc(OC(O)C(=O)O)c1. The van der Waals surface area contributed by atoms with Crippen LogP contribution in [0.25, 0.3) is 0 Å². The maximum Gasteiger partial charge on any atom is 0.373 e. The van der Waals surface area contributed by atoms with Crippen LogP contribution in [0, 0.1) is 0 Å². The van der Waals surface area contributed by atoms with Crippen molar-refractivity contribution in [2.75, 3.05) is 0 Å². The highest BCUT2D eigenvalue weighted by atomic mass is 16.6. The lowest BCUT2D eigenvalue weighted by Crippen LogP contribution is -2.27. The fourth-order valence-electron chi connectivity index (χ4n) is 0.979. The third-order valence-electron chi connectivity index (χ3n) is 1.72. The van der Waals surface area contributed by atoms with Gasteiger partial charge in [-0.15, -0.1) is 0 Å². The van der Waals surface area contributed by atoms with Crippen LogP contribution in [-0.4, -0.2) is 44.9 Å². The van der Waals surface area contributed by atoms with Crippen molar-refractivity contribution in [3.63, 3.8) is 0 Å². The Morgan fingerprint density at radius 1 is 0.944 bits per heavy atom. The van der Waals surface area contributed by atoms with Crippen LogP contribution in [0.3, 0.4) is 0 Å². The standard InChI is InChI=1S/C10H10O8/c11-7(12)9(15)17-5-2-1-3-6(4-5)18-10(16)8(13)14/h1-4,9-10,15-16H,(H,11,12)(H,13,14). The summed E-state index contributed by atoms with van der Waals surface area (Å²) >= 11 is 0. The van der Waals surface area contributed by atoms with Crippen molar-refractivity contribution in [3.05, 3.63) is 24.3 Å². The largest absolute Gasteiger partial charge is 0.477 e. The Balaban J connectivity index is 2.73. The minimum atomic E-state index is -2.05. The van der Waals surface area contributed by atoms with Gasteiger partial charge >= 0.3 is 11.9 Å². The average molecular weight is 258 g/mol. The Morgan fingerprint density at radius 2 is 1.33 bits per heavy atom. The smallest absolute Gasteiger partial charge is 0.373 e. The monoisotopic (exact) mass is 258 g/mol. The van der Waals surface area contributed by atoms with Gasteiger partial charge in [0.2, 0.25) is 0 Å². The van der Waals surface area contributed by atoms with Gasteiger partial charge in [-0.05, 0) is 12.1 Å². The van der Waals surface area contributed by atoms with Crippen molar-refractivity contribution < 1.29 is 39.5 Å². The Labute approximate surface area is 101 Å². The zero-order valence-electron chi connectivity index (χ0n) is 8.89. The molecule has 0 saturated heterocycles. The number of aliphatic hydroxyl groups is 2. The van der Waals surface area contributed by atoms with Crippen molar-refractivity contribution in [1.82, 2.24) is 0 Å². The molecule has 2 atom stereocenters. The summed E-state index contributed by atoms with van der Waals surface area (Å²) in [5.74, 6) is -3.27. The molecule has 98 valence electrons. The molecule has 4 N–H and O–H groups in total. The highest BCUT2D eigenvalue weighted by molar-refractivity contribution is 5.71. The average Bonchev–Trinajstić information content (AvgIpc) is 2.29. The molecule has 0 aliphatic heterocycles. The van der Waals surface area contributed by atoms with Gasteiger partial charge in [0, 0.05) is 6.07 Å². The van der Waals surface area contributed by atoms with Gasteiger partial charge in [0.1, 0.15) is 11.5 Å². The Bertz CT molecular complexity index is 406. The van der Waals surface area contributed by atoms with Crippen LogP contribution < -0.4 is 9.47 Å². The van der Waals surface area contributed by atoms with Gasteiger partial charge in [-0.25, -0.2) is 9.59 Å². The molecule has 0 bridgehead atoms. The third-order valence-corrected chi connectivity index (χ3v) is 1.72. The van der Waals surface area contributed by atoms with E-state index in [4.69, 9.17) is 20.4 Å². The van der Waals surface area contributed by atoms with Gasteiger partial charge in [-0.3, -0.25) is 0 Å². The molecule has 0 saturated carbocycles. The highest BCUT2D eigenvalue weighted by Gasteiger charge is 2.17. The fourth-order valence-corrected chi connectivity index (χ4v) is 0.979. The first-order valence-corrected chi connectivity index (χ1v) is 4.65. The third kappa shape index (κ3) is 3.92. The molecular weight excluding hydrogens is 248 g/mol. The van der Waals surface area contributed by atoms with Crippen molar-refractivity contribution in [1.29, 1.82) is 0 Å². The van der Waals surface area contributed by atoms with Gasteiger partial charge in [-0.1, -0.05) is 6.07 Å². The van der Waals surface area contributed by atoms with Crippen LogP contribution in [-0.2, 0) is 9.59 Å². The second-order valence-electron chi connectivity index (χ2n) is 3.09. The zero-order chi connectivity index (χ0) is 13.7. The Morgan fingerprint density at radius 3 is 1.67 bits per heavy atom. The lowest BCUT2D eigenvalue weighted by Gasteiger charge is -2.12. The van der Waals surface area contributed by atoms with E-state index in [0.717, 1.165) is 6.07 Å². The van der Waals surface area contributed by atoms with Crippen LogP contribution in [0.1, 0.15) is 0 Å². The predicted octanol–water partition coefficient (Wildman–Crippen LogP) is -0.750. The normalized spacial score (nSPS) is 13.4. The van der Waals surface area contributed by atoms with E-state index >= 15 is 0 Å². The summed E-state index contributed by atoms with van der Waals surface area (Å²) in [6.45, 7) is 0. The first kappa shape index (κ1) is 13.7. The van der Waals surface area contributed by atoms with E-state index in [1.165, 1.54) is 18.2 Å². The number of rotatable bonds is 6. The van der Waals surface area contributed by atoms with Crippen molar-refractivity contribution in [3.8, 4) is 11.5 Å². The van der Waals surface area contributed by atoms with E-state index in [9.17, 15) is 9.59 Å². The quantitative estimate of drug-likeness (QED) is 0.490. The predicted molar refractivity (Wildman–Crippen MR) is 55.0 cm³/mol. The molecule has 1 rings (SSSR count). The fraction of sp³-hybridized carbons (Fsp3) is 0.200. The number of carboxylic acid groups (broad SMARTS) is 2. The molecule has 0 spiro atoms. The molecule has 1 aromatic rings. The highest BCUT2D eigenvalue weighted by Crippen LogP contribution is 2.20. The lowest BCUT2D eigenvalue weighted by molar-refractivity contribution is -0.162. The molecule has 0 heterocycles. The minimum absolute atomic E-state index is 0.0556. The molecule has 2 unspecified atom stereocenters. The Hall–Kier alpha value is -2.32. The maximum absolute atomic E-state index is 10.3.